The smallest absolute Gasteiger partial charge is 0.154 e. The number of rotatable bonds is 5. The van der Waals surface area contributed by atoms with Crippen LogP contribution in [-0.4, -0.2) is 48.1 Å². The van der Waals surface area contributed by atoms with Crippen LogP contribution in [0.25, 0.3) is 10.8 Å². The summed E-state index contributed by atoms with van der Waals surface area (Å²) in [7, 11) is 3.73. The first-order chi connectivity index (χ1) is 12.8. The van der Waals surface area contributed by atoms with E-state index < -0.39 is 0 Å². The van der Waals surface area contributed by atoms with Crippen molar-refractivity contribution in [2.75, 3.05) is 37.5 Å². The number of likely N-dealkylation sites (N-methyl/N-ethyl adjacent to an activating group) is 1. The molecule has 1 aliphatic heterocycles. The molecule has 0 radical (unpaired) electrons. The summed E-state index contributed by atoms with van der Waals surface area (Å²) in [6.45, 7) is 2.01. The highest BCUT2D eigenvalue weighted by atomic mass is 16.5. The molecule has 1 N–H and O–H groups in total. The molecule has 0 spiro atoms. The van der Waals surface area contributed by atoms with Crippen LogP contribution in [0.4, 0.5) is 11.5 Å². The fourth-order valence-corrected chi connectivity index (χ4v) is 3.02. The second-order valence-corrected chi connectivity index (χ2v) is 6.13. The maximum Gasteiger partial charge on any atom is 0.154 e. The number of methoxy groups -OCH3 is 1. The van der Waals surface area contributed by atoms with Crippen molar-refractivity contribution < 1.29 is 4.74 Å². The molecular weight excluding hydrogens is 328 g/mol. The number of nitrogens with zero attached hydrogens (tertiary/aromatic N) is 5. The summed E-state index contributed by atoms with van der Waals surface area (Å²) in [6, 6.07) is 8.23. The molecular formula is C19H20N6O. The summed E-state index contributed by atoms with van der Waals surface area (Å²) in [5.41, 5.74) is 2.69. The zero-order chi connectivity index (χ0) is 17.9. The molecule has 0 saturated heterocycles. The average Bonchev–Trinajstić information content (AvgIpc) is 3.08. The van der Waals surface area contributed by atoms with Gasteiger partial charge in [-0.15, -0.1) is 0 Å². The zero-order valence-corrected chi connectivity index (χ0v) is 14.8. The first-order valence-electron chi connectivity index (χ1n) is 8.47. The highest BCUT2D eigenvalue weighted by Gasteiger charge is 2.18. The van der Waals surface area contributed by atoms with Crippen LogP contribution < -0.4 is 10.2 Å². The van der Waals surface area contributed by atoms with Gasteiger partial charge in [0.2, 0.25) is 0 Å². The standard InChI is InChI=1S/C19H20N6O/c1-25(9-10-26-2)19-15-4-3-14(11-13(15)5-6-22-19)24-18-17-16(12-23-18)20-7-8-21-17/h3-8,11H,9-10,12H2,1-2H3,(H,23,24). The van der Waals surface area contributed by atoms with Crippen molar-refractivity contribution in [1.29, 1.82) is 0 Å². The van der Waals surface area contributed by atoms with E-state index in [0.717, 1.165) is 46.0 Å². The minimum Gasteiger partial charge on any atom is -0.383 e. The lowest BCUT2D eigenvalue weighted by Gasteiger charge is -2.19. The van der Waals surface area contributed by atoms with Crippen molar-refractivity contribution in [3.05, 3.63) is 54.2 Å². The number of nitrogens with one attached hydrogen (secondary N) is 1. The molecule has 26 heavy (non-hydrogen) atoms. The Morgan fingerprint density at radius 3 is 2.88 bits per heavy atom. The molecule has 4 rings (SSSR count). The molecule has 3 heterocycles. The van der Waals surface area contributed by atoms with E-state index in [1.54, 1.807) is 19.5 Å². The van der Waals surface area contributed by atoms with Gasteiger partial charge in [-0.05, 0) is 29.7 Å². The lowest BCUT2D eigenvalue weighted by Crippen LogP contribution is -2.23. The van der Waals surface area contributed by atoms with Crippen LogP contribution in [0.1, 0.15) is 11.4 Å². The van der Waals surface area contributed by atoms with Gasteiger partial charge in [0.05, 0.1) is 18.8 Å². The number of hydrogen-bond acceptors (Lipinski definition) is 7. The van der Waals surface area contributed by atoms with Crippen LogP contribution in [0.15, 0.2) is 47.8 Å². The van der Waals surface area contributed by atoms with Crippen molar-refractivity contribution in [3.8, 4) is 0 Å². The average molecular weight is 348 g/mol. The van der Waals surface area contributed by atoms with Gasteiger partial charge in [-0.3, -0.25) is 9.98 Å². The number of aromatic nitrogens is 3. The third-order valence-electron chi connectivity index (χ3n) is 4.38. The monoisotopic (exact) mass is 348 g/mol. The number of ether oxygens (including phenoxy) is 1. The molecule has 0 aliphatic carbocycles. The molecule has 0 unspecified atom stereocenters. The van der Waals surface area contributed by atoms with E-state index in [0.29, 0.717) is 13.2 Å². The summed E-state index contributed by atoms with van der Waals surface area (Å²) < 4.78 is 5.16. The SMILES string of the molecule is COCCN(C)c1nccc2cc(NC3=NCc4nccnc43)ccc12. The number of pyridine rings is 1. The quantitative estimate of drug-likeness (QED) is 0.763. The van der Waals surface area contributed by atoms with Gasteiger partial charge >= 0.3 is 0 Å². The Labute approximate surface area is 151 Å². The van der Waals surface area contributed by atoms with Gasteiger partial charge in [-0.2, -0.15) is 0 Å². The molecule has 7 heteroatoms. The highest BCUT2D eigenvalue weighted by molar-refractivity contribution is 6.09. The molecule has 0 saturated carbocycles. The number of aliphatic imine (C=N–C) groups is 1. The van der Waals surface area contributed by atoms with Gasteiger partial charge in [0, 0.05) is 50.4 Å². The Morgan fingerprint density at radius 1 is 1.12 bits per heavy atom. The zero-order valence-electron chi connectivity index (χ0n) is 14.8. The molecule has 1 aromatic carbocycles. The predicted molar refractivity (Wildman–Crippen MR) is 103 cm³/mol. The Balaban J connectivity index is 1.61. The predicted octanol–water partition coefficient (Wildman–Crippen LogP) is 2.48. The molecule has 0 bridgehead atoms. The summed E-state index contributed by atoms with van der Waals surface area (Å²) in [6.07, 6.45) is 5.22. The molecule has 7 nitrogen and oxygen atoms in total. The van der Waals surface area contributed by atoms with Crippen molar-refractivity contribution in [1.82, 2.24) is 15.0 Å². The number of benzene rings is 1. The lowest BCUT2D eigenvalue weighted by molar-refractivity contribution is 0.206. The summed E-state index contributed by atoms with van der Waals surface area (Å²) in [5.74, 6) is 1.71. The number of amidine groups is 1. The van der Waals surface area contributed by atoms with E-state index in [2.05, 4.69) is 42.3 Å². The molecule has 2 aromatic heterocycles. The first kappa shape index (κ1) is 16.4. The highest BCUT2D eigenvalue weighted by Crippen LogP contribution is 2.27. The van der Waals surface area contributed by atoms with Crippen molar-refractivity contribution in [2.45, 2.75) is 6.54 Å². The molecule has 0 fully saturated rings. The lowest BCUT2D eigenvalue weighted by atomic mass is 10.1. The van der Waals surface area contributed by atoms with Crippen LogP contribution in [0, 0.1) is 0 Å². The van der Waals surface area contributed by atoms with Crippen LogP contribution >= 0.6 is 0 Å². The Hall–Kier alpha value is -3.06. The van der Waals surface area contributed by atoms with Crippen LogP contribution in [-0.2, 0) is 11.3 Å². The van der Waals surface area contributed by atoms with Gasteiger partial charge in [-0.1, -0.05) is 0 Å². The minimum absolute atomic E-state index is 0.567. The van der Waals surface area contributed by atoms with Crippen molar-refractivity contribution in [2.24, 2.45) is 4.99 Å². The minimum atomic E-state index is 0.567. The fourth-order valence-electron chi connectivity index (χ4n) is 3.02. The second kappa shape index (κ2) is 7.05. The maximum absolute atomic E-state index is 5.16. The van der Waals surface area contributed by atoms with E-state index in [4.69, 9.17) is 4.74 Å². The van der Waals surface area contributed by atoms with Gasteiger partial charge in [0.15, 0.2) is 5.84 Å². The molecule has 0 amide bonds. The Kier molecular flexibility index (Phi) is 4.45. The third-order valence-corrected chi connectivity index (χ3v) is 4.38. The topological polar surface area (TPSA) is 75.5 Å². The molecule has 0 atom stereocenters. The normalized spacial score (nSPS) is 12.8. The number of fused-ring (bicyclic) bond motifs is 2. The third kappa shape index (κ3) is 3.09. The summed E-state index contributed by atoms with van der Waals surface area (Å²) in [5, 5.41) is 5.58. The maximum atomic E-state index is 5.16. The fraction of sp³-hybridized carbons (Fsp3) is 0.263. The van der Waals surface area contributed by atoms with E-state index in [-0.39, 0.29) is 0 Å². The number of hydrogen-bond donors (Lipinski definition) is 1. The Morgan fingerprint density at radius 2 is 2.00 bits per heavy atom. The molecule has 132 valence electrons. The van der Waals surface area contributed by atoms with Gasteiger partial charge in [0.25, 0.3) is 0 Å². The van der Waals surface area contributed by atoms with E-state index in [1.807, 2.05) is 25.4 Å². The summed E-state index contributed by atoms with van der Waals surface area (Å²) in [4.78, 5) is 19.8. The van der Waals surface area contributed by atoms with Crippen molar-refractivity contribution >= 4 is 28.1 Å². The van der Waals surface area contributed by atoms with Crippen LogP contribution in [0.2, 0.25) is 0 Å². The van der Waals surface area contributed by atoms with Crippen LogP contribution in [0.5, 0.6) is 0 Å². The first-order valence-corrected chi connectivity index (χ1v) is 8.47. The van der Waals surface area contributed by atoms with Gasteiger partial charge in [-0.25, -0.2) is 9.97 Å². The molecule has 3 aromatic rings. The van der Waals surface area contributed by atoms with E-state index >= 15 is 0 Å². The Bertz CT molecular complexity index is 971. The van der Waals surface area contributed by atoms with Crippen LogP contribution in [0.3, 0.4) is 0 Å². The largest absolute Gasteiger partial charge is 0.383 e. The second-order valence-electron chi connectivity index (χ2n) is 6.13. The van der Waals surface area contributed by atoms with Crippen molar-refractivity contribution in [3.63, 3.8) is 0 Å². The van der Waals surface area contributed by atoms with E-state index in [9.17, 15) is 0 Å². The van der Waals surface area contributed by atoms with E-state index in [1.165, 1.54) is 0 Å². The summed E-state index contributed by atoms with van der Waals surface area (Å²) >= 11 is 0. The van der Waals surface area contributed by atoms with Gasteiger partial charge in [0.1, 0.15) is 11.5 Å². The molecule has 1 aliphatic rings. The number of anilines is 2. The van der Waals surface area contributed by atoms with Gasteiger partial charge < -0.3 is 15.0 Å².